The number of hydrogen-bond acceptors (Lipinski definition) is 7. The Bertz CT molecular complexity index is 1990. The minimum Gasteiger partial charge on any atom is -0.395 e. The van der Waals surface area contributed by atoms with Gasteiger partial charge in [-0.1, -0.05) is 99.6 Å². The van der Waals surface area contributed by atoms with Crippen molar-refractivity contribution >= 4 is 35.2 Å². The van der Waals surface area contributed by atoms with E-state index in [0.717, 1.165) is 60.8 Å². The third-order valence-corrected chi connectivity index (χ3v) is 11.7. The summed E-state index contributed by atoms with van der Waals surface area (Å²) in [7, 11) is 1.97. The van der Waals surface area contributed by atoms with E-state index in [-0.39, 0.29) is 36.3 Å². The third-order valence-electron chi connectivity index (χ3n) is 11.7. The van der Waals surface area contributed by atoms with Gasteiger partial charge in [0.2, 0.25) is 17.7 Å². The van der Waals surface area contributed by atoms with Gasteiger partial charge in [-0.3, -0.25) is 19.3 Å². The monoisotopic (exact) mass is 798 g/mol. The van der Waals surface area contributed by atoms with Gasteiger partial charge >= 0.3 is 0 Å². The number of likely N-dealkylation sites (N-methyl/N-ethyl adjacent to an activating group) is 1. The molecule has 0 spiro atoms. The summed E-state index contributed by atoms with van der Waals surface area (Å²) in [5.41, 5.74) is 7.45. The topological polar surface area (TPSA) is 90.9 Å². The molecule has 1 unspecified atom stereocenters. The Balaban J connectivity index is 1.22. The fourth-order valence-electron chi connectivity index (χ4n) is 7.89. The Morgan fingerprint density at radius 1 is 0.729 bits per heavy atom. The second-order valence-corrected chi connectivity index (χ2v) is 16.9. The van der Waals surface area contributed by atoms with Crippen LogP contribution in [0.4, 0.5) is 11.4 Å². The predicted molar refractivity (Wildman–Crippen MR) is 238 cm³/mol. The van der Waals surface area contributed by atoms with Crippen molar-refractivity contribution in [3.8, 4) is 0 Å². The molecule has 0 aliphatic carbocycles. The molecular formula is C49H62N6O4. The Hall–Kier alpha value is -5.45. The fraction of sp³-hybridized carbons (Fsp3) is 0.408. The van der Waals surface area contributed by atoms with E-state index in [2.05, 4.69) is 91.2 Å². The fourth-order valence-corrected chi connectivity index (χ4v) is 7.89. The molecule has 10 heteroatoms. The molecule has 59 heavy (non-hydrogen) atoms. The van der Waals surface area contributed by atoms with E-state index in [1.807, 2.05) is 70.3 Å². The molecule has 0 radical (unpaired) electrons. The zero-order chi connectivity index (χ0) is 41.9. The standard InChI is InChI=1S/C49H62N6O4/c1-38(57)52-29-31-53(32-30-52)45-22-15-42(16-23-45)37-55(47(58)24-17-39-11-18-43(19-12-39)49(2,3)4)46(35-40-9-7-6-8-10-40)48(59)54-27-25-51(26-28-54)36-41-13-20-44(21-14-41)50(5)33-34-56/h6-24,46,56H,25-37H2,1-5H3. The van der Waals surface area contributed by atoms with Crippen LogP contribution in [0.25, 0.3) is 6.08 Å². The van der Waals surface area contributed by atoms with Crippen molar-refractivity contribution < 1.29 is 19.5 Å². The van der Waals surface area contributed by atoms with Gasteiger partial charge in [0, 0.05) is 110 Å². The Morgan fingerprint density at radius 3 is 1.93 bits per heavy atom. The van der Waals surface area contributed by atoms with Gasteiger partial charge in [0.15, 0.2) is 0 Å². The third kappa shape index (κ3) is 11.8. The van der Waals surface area contributed by atoms with E-state index in [9.17, 15) is 19.5 Å². The van der Waals surface area contributed by atoms with Crippen molar-refractivity contribution in [3.05, 3.63) is 137 Å². The molecule has 0 aromatic heterocycles. The highest BCUT2D eigenvalue weighted by molar-refractivity contribution is 5.96. The van der Waals surface area contributed by atoms with E-state index < -0.39 is 6.04 Å². The first kappa shape index (κ1) is 43.1. The van der Waals surface area contributed by atoms with Crippen LogP contribution < -0.4 is 9.80 Å². The summed E-state index contributed by atoms with van der Waals surface area (Å²) in [6.45, 7) is 15.5. The minimum atomic E-state index is -0.716. The number of hydrogen-bond donors (Lipinski definition) is 1. The molecule has 2 saturated heterocycles. The molecule has 4 aromatic rings. The van der Waals surface area contributed by atoms with Crippen LogP contribution in [0.3, 0.4) is 0 Å². The number of benzene rings is 4. The molecular weight excluding hydrogens is 737 g/mol. The van der Waals surface area contributed by atoms with Crippen LogP contribution in [-0.2, 0) is 39.3 Å². The molecule has 4 aromatic carbocycles. The van der Waals surface area contributed by atoms with Crippen LogP contribution in [-0.4, -0.2) is 121 Å². The molecule has 3 amide bonds. The van der Waals surface area contributed by atoms with Crippen molar-refractivity contribution in [2.24, 2.45) is 0 Å². The normalized spacial score (nSPS) is 15.7. The van der Waals surface area contributed by atoms with Crippen molar-refractivity contribution in [2.75, 3.05) is 82.4 Å². The van der Waals surface area contributed by atoms with Gasteiger partial charge in [0.1, 0.15) is 6.04 Å². The minimum absolute atomic E-state index is 0.0214. The second kappa shape index (κ2) is 20.0. The number of carbonyl (C=O) groups excluding carboxylic acids is 3. The Labute approximate surface area is 351 Å². The van der Waals surface area contributed by atoms with E-state index in [1.54, 1.807) is 17.9 Å². The van der Waals surface area contributed by atoms with Gasteiger partial charge in [-0.05, 0) is 63.6 Å². The first-order valence-electron chi connectivity index (χ1n) is 21.0. The number of amides is 3. The van der Waals surface area contributed by atoms with Gasteiger partial charge in [-0.2, -0.15) is 0 Å². The molecule has 2 aliphatic heterocycles. The average molecular weight is 799 g/mol. The van der Waals surface area contributed by atoms with Gasteiger partial charge in [-0.25, -0.2) is 0 Å². The van der Waals surface area contributed by atoms with Crippen molar-refractivity contribution in [3.63, 3.8) is 0 Å². The maximum atomic E-state index is 14.8. The van der Waals surface area contributed by atoms with Crippen LogP contribution in [0.5, 0.6) is 0 Å². The first-order valence-corrected chi connectivity index (χ1v) is 21.0. The van der Waals surface area contributed by atoms with E-state index >= 15 is 0 Å². The van der Waals surface area contributed by atoms with Crippen LogP contribution in [0.2, 0.25) is 0 Å². The second-order valence-electron chi connectivity index (χ2n) is 16.9. The van der Waals surface area contributed by atoms with Crippen molar-refractivity contribution in [1.29, 1.82) is 0 Å². The molecule has 1 atom stereocenters. The highest BCUT2D eigenvalue weighted by atomic mass is 16.3. The van der Waals surface area contributed by atoms with Gasteiger partial charge < -0.3 is 29.6 Å². The van der Waals surface area contributed by atoms with Crippen LogP contribution >= 0.6 is 0 Å². The predicted octanol–water partition coefficient (Wildman–Crippen LogP) is 6.08. The van der Waals surface area contributed by atoms with E-state index in [4.69, 9.17) is 0 Å². The summed E-state index contributed by atoms with van der Waals surface area (Å²) in [6.07, 6.45) is 3.87. The summed E-state index contributed by atoms with van der Waals surface area (Å²) < 4.78 is 0. The molecule has 2 aliphatic rings. The number of aliphatic hydroxyl groups excluding tert-OH is 1. The number of anilines is 2. The lowest BCUT2D eigenvalue weighted by Crippen LogP contribution is -2.56. The smallest absolute Gasteiger partial charge is 0.247 e. The molecule has 0 saturated carbocycles. The SMILES string of the molecule is CC(=O)N1CCN(c2ccc(CN(C(=O)C=Cc3ccc(C(C)(C)C)cc3)C(Cc3ccccc3)C(=O)N3CCN(Cc4ccc(N(C)CCO)cc4)CC3)cc2)CC1. The first-order chi connectivity index (χ1) is 28.4. The molecule has 2 fully saturated rings. The molecule has 10 nitrogen and oxygen atoms in total. The lowest BCUT2D eigenvalue weighted by Gasteiger charge is -2.39. The molecule has 312 valence electrons. The summed E-state index contributed by atoms with van der Waals surface area (Å²) in [6, 6.07) is 34.3. The summed E-state index contributed by atoms with van der Waals surface area (Å²) >= 11 is 0. The number of carbonyl (C=O) groups is 3. The molecule has 2 heterocycles. The molecule has 0 bridgehead atoms. The van der Waals surface area contributed by atoms with Gasteiger partial charge in [0.25, 0.3) is 0 Å². The number of piperazine rings is 2. The lowest BCUT2D eigenvalue weighted by molar-refractivity contribution is -0.145. The number of nitrogens with zero attached hydrogens (tertiary/aromatic N) is 6. The van der Waals surface area contributed by atoms with Crippen molar-refractivity contribution in [1.82, 2.24) is 19.6 Å². The van der Waals surface area contributed by atoms with E-state index in [0.29, 0.717) is 39.1 Å². The summed E-state index contributed by atoms with van der Waals surface area (Å²) in [4.78, 5) is 53.5. The lowest BCUT2D eigenvalue weighted by atomic mass is 9.87. The van der Waals surface area contributed by atoms with Crippen LogP contribution in [0.15, 0.2) is 109 Å². The zero-order valence-corrected chi connectivity index (χ0v) is 35.6. The largest absolute Gasteiger partial charge is 0.395 e. The van der Waals surface area contributed by atoms with E-state index in [1.165, 1.54) is 11.1 Å². The number of rotatable bonds is 14. The number of aliphatic hydroxyl groups is 1. The van der Waals surface area contributed by atoms with Crippen molar-refractivity contribution in [2.45, 2.75) is 58.7 Å². The highest BCUT2D eigenvalue weighted by Crippen LogP contribution is 2.25. The Kier molecular flexibility index (Phi) is 14.6. The van der Waals surface area contributed by atoms with Gasteiger partial charge in [0.05, 0.1) is 6.61 Å². The zero-order valence-electron chi connectivity index (χ0n) is 35.6. The molecule has 1 N–H and O–H groups in total. The van der Waals surface area contributed by atoms with Gasteiger partial charge in [-0.15, -0.1) is 0 Å². The highest BCUT2D eigenvalue weighted by Gasteiger charge is 2.34. The molecule has 6 rings (SSSR count). The maximum absolute atomic E-state index is 14.8. The summed E-state index contributed by atoms with van der Waals surface area (Å²) in [5, 5.41) is 9.32. The average Bonchev–Trinajstić information content (AvgIpc) is 3.25. The Morgan fingerprint density at radius 2 is 1.34 bits per heavy atom. The maximum Gasteiger partial charge on any atom is 0.247 e. The van der Waals surface area contributed by atoms with Crippen LogP contribution in [0.1, 0.15) is 55.5 Å². The summed E-state index contributed by atoms with van der Waals surface area (Å²) in [5.74, 6) is -0.149. The van der Waals surface area contributed by atoms with Crippen LogP contribution in [0, 0.1) is 0 Å². The quantitative estimate of drug-likeness (QED) is 0.155.